The van der Waals surface area contributed by atoms with Gasteiger partial charge in [0.15, 0.2) is 0 Å². The van der Waals surface area contributed by atoms with Crippen LogP contribution in [0.25, 0.3) is 0 Å². The molecule has 2 heterocycles. The molecule has 0 N–H and O–H groups in total. The summed E-state index contributed by atoms with van der Waals surface area (Å²) in [5.74, 6) is 0. The van der Waals surface area contributed by atoms with E-state index in [-0.39, 0.29) is 0 Å². The lowest BCUT2D eigenvalue weighted by Crippen LogP contribution is -2.23. The molecule has 58 heavy (non-hydrogen) atoms. The van der Waals surface area contributed by atoms with Gasteiger partial charge in [0.05, 0.1) is 22.7 Å². The third-order valence-electron chi connectivity index (χ3n) is 11.5. The Labute approximate surface area is 344 Å². The minimum Gasteiger partial charge on any atom is -0.308 e. The molecular weight excluding hydrogens is 741 g/mol. The van der Waals surface area contributed by atoms with Gasteiger partial charge in [-0.15, -0.1) is 20.1 Å². The number of hydrogen-bond acceptors (Lipinski definition) is 2. The van der Waals surface area contributed by atoms with Crippen molar-refractivity contribution in [3.05, 3.63) is 243 Å². The molecule has 2 aliphatic rings. The summed E-state index contributed by atoms with van der Waals surface area (Å²) in [5, 5.41) is 0. The van der Waals surface area contributed by atoms with E-state index in [1.165, 1.54) is 61.9 Å². The first kappa shape index (κ1) is 34.5. The van der Waals surface area contributed by atoms with Gasteiger partial charge in [0.1, 0.15) is 0 Å². The average molecular weight is 781 g/mol. The van der Waals surface area contributed by atoms with Gasteiger partial charge in [-0.05, 0) is 115 Å². The predicted octanol–water partition coefficient (Wildman–Crippen LogP) is 15.9. The molecule has 2 nitrogen and oxygen atoms in total. The van der Waals surface area contributed by atoms with Crippen LogP contribution in [0.4, 0.5) is 34.1 Å². The summed E-state index contributed by atoms with van der Waals surface area (Å²) >= 11 is 0. The van der Waals surface area contributed by atoms with Gasteiger partial charge >= 0.3 is 0 Å². The molecule has 0 fully saturated rings. The number of nitrogens with zero attached hydrogens (tertiary/aromatic N) is 2. The molecule has 9 aromatic carbocycles. The van der Waals surface area contributed by atoms with E-state index in [4.69, 9.17) is 0 Å². The van der Waals surface area contributed by atoms with Crippen molar-refractivity contribution in [3.63, 3.8) is 0 Å². The van der Waals surface area contributed by atoms with Crippen LogP contribution in [-0.4, -0.2) is 0 Å². The summed E-state index contributed by atoms with van der Waals surface area (Å²) < 4.78 is 0. The number of benzene rings is 9. The second kappa shape index (κ2) is 14.0. The molecular formula is C54H40N2S2. The van der Waals surface area contributed by atoms with Crippen molar-refractivity contribution in [2.45, 2.75) is 39.2 Å². The molecule has 0 saturated carbocycles. The molecule has 0 aromatic heterocycles. The molecule has 0 saturated heterocycles. The minimum atomic E-state index is -1.84. The highest BCUT2D eigenvalue weighted by Gasteiger charge is 2.44. The van der Waals surface area contributed by atoms with Crippen LogP contribution in [0.1, 0.15) is 0 Å². The van der Waals surface area contributed by atoms with Gasteiger partial charge in [-0.1, -0.05) is 127 Å². The lowest BCUT2D eigenvalue weighted by Gasteiger charge is -2.50. The Hall–Kier alpha value is -6.72. The summed E-state index contributed by atoms with van der Waals surface area (Å²) in [5.41, 5.74) is 7.07. The molecule has 11 rings (SSSR count). The van der Waals surface area contributed by atoms with Crippen LogP contribution in [0.5, 0.6) is 0 Å². The zero-order valence-electron chi connectivity index (χ0n) is 31.8. The van der Waals surface area contributed by atoms with E-state index in [1.54, 1.807) is 0 Å². The van der Waals surface area contributed by atoms with Crippen molar-refractivity contribution in [1.29, 1.82) is 0 Å². The normalized spacial score (nSPS) is 15.5. The zero-order chi connectivity index (χ0) is 38.5. The van der Waals surface area contributed by atoms with Gasteiger partial charge in [-0.2, -0.15) is 0 Å². The fourth-order valence-corrected chi connectivity index (χ4v) is 17.5. The van der Waals surface area contributed by atoms with E-state index in [0.29, 0.717) is 0 Å². The summed E-state index contributed by atoms with van der Waals surface area (Å²) in [6.07, 6.45) is 0. The monoisotopic (exact) mass is 780 g/mol. The number of anilines is 6. The molecule has 0 atom stereocenters. The predicted molar refractivity (Wildman–Crippen MR) is 243 cm³/mol. The lowest BCUT2D eigenvalue weighted by molar-refractivity contribution is 1.10. The maximum absolute atomic E-state index is 2.50. The standard InChI is InChI=1S/C54H40N2S2/c1-5-24-43(25-6-1)57(44-26-7-2-8-27-44)51-36-17-13-32-47(51)55(48-33-14-18-37-52(48)57)41-22-21-23-42(40-41)56-49-34-15-19-38-53(49)58(45-28-9-3-10-29-45,46-30-11-4-12-31-46)54-39-20-16-35-50(54)56/h1-40H. The molecule has 0 spiro atoms. The summed E-state index contributed by atoms with van der Waals surface area (Å²) in [6, 6.07) is 90.1. The van der Waals surface area contributed by atoms with Crippen molar-refractivity contribution in [3.8, 4) is 0 Å². The van der Waals surface area contributed by atoms with Gasteiger partial charge in [0, 0.05) is 50.5 Å². The van der Waals surface area contributed by atoms with Crippen molar-refractivity contribution < 1.29 is 0 Å². The highest BCUT2D eigenvalue weighted by atomic mass is 32.3. The van der Waals surface area contributed by atoms with Crippen LogP contribution in [-0.2, 0) is 0 Å². The fourth-order valence-electron chi connectivity index (χ4n) is 9.21. The molecule has 0 radical (unpaired) electrons. The van der Waals surface area contributed by atoms with E-state index in [9.17, 15) is 0 Å². The van der Waals surface area contributed by atoms with Crippen molar-refractivity contribution in [2.75, 3.05) is 9.80 Å². The van der Waals surface area contributed by atoms with Crippen LogP contribution in [0, 0.1) is 0 Å². The molecule has 4 heteroatoms. The second-order valence-electron chi connectivity index (χ2n) is 14.5. The highest BCUT2D eigenvalue weighted by Crippen LogP contribution is 2.81. The average Bonchev–Trinajstić information content (AvgIpc) is 3.31. The minimum absolute atomic E-state index is 1.12. The van der Waals surface area contributed by atoms with Gasteiger partial charge in [-0.3, -0.25) is 0 Å². The summed E-state index contributed by atoms with van der Waals surface area (Å²) in [6.45, 7) is 0. The molecule has 0 bridgehead atoms. The third kappa shape index (κ3) is 5.02. The Bertz CT molecular complexity index is 2540. The first-order valence-electron chi connectivity index (χ1n) is 19.7. The Morgan fingerprint density at radius 1 is 0.224 bits per heavy atom. The van der Waals surface area contributed by atoms with Gasteiger partial charge in [0.2, 0.25) is 0 Å². The fraction of sp³-hybridized carbons (Fsp3) is 0. The van der Waals surface area contributed by atoms with E-state index in [2.05, 4.69) is 252 Å². The Balaban J connectivity index is 1.14. The molecule has 0 unspecified atom stereocenters. The molecule has 278 valence electrons. The first-order valence-corrected chi connectivity index (χ1v) is 23.0. The first-order chi connectivity index (χ1) is 28.8. The second-order valence-corrected chi connectivity index (χ2v) is 20.6. The van der Waals surface area contributed by atoms with Crippen LogP contribution in [0.2, 0.25) is 0 Å². The Morgan fingerprint density at radius 2 is 0.466 bits per heavy atom. The highest BCUT2D eigenvalue weighted by molar-refractivity contribution is 8.34. The van der Waals surface area contributed by atoms with Gasteiger partial charge in [0.25, 0.3) is 0 Å². The van der Waals surface area contributed by atoms with E-state index in [0.717, 1.165) is 11.4 Å². The summed E-state index contributed by atoms with van der Waals surface area (Å²) in [4.78, 5) is 15.7. The third-order valence-corrected chi connectivity index (χ3v) is 19.4. The Morgan fingerprint density at radius 3 is 0.741 bits per heavy atom. The zero-order valence-corrected chi connectivity index (χ0v) is 33.4. The van der Waals surface area contributed by atoms with Crippen molar-refractivity contribution >= 4 is 54.2 Å². The molecule has 2 aliphatic heterocycles. The van der Waals surface area contributed by atoms with Crippen molar-refractivity contribution in [1.82, 2.24) is 0 Å². The van der Waals surface area contributed by atoms with Gasteiger partial charge in [-0.25, -0.2) is 0 Å². The quantitative estimate of drug-likeness (QED) is 0.166. The number of fused-ring (bicyclic) bond motifs is 4. The van der Waals surface area contributed by atoms with Gasteiger partial charge < -0.3 is 9.80 Å². The van der Waals surface area contributed by atoms with E-state index < -0.39 is 20.1 Å². The number of rotatable bonds is 6. The maximum Gasteiger partial charge on any atom is 0.0592 e. The Kier molecular flexibility index (Phi) is 8.35. The smallest absolute Gasteiger partial charge is 0.0592 e. The summed E-state index contributed by atoms with van der Waals surface area (Å²) in [7, 11) is -3.68. The van der Waals surface area contributed by atoms with Crippen LogP contribution in [0.15, 0.2) is 282 Å². The maximum atomic E-state index is 2.50. The van der Waals surface area contributed by atoms with Crippen molar-refractivity contribution in [2.24, 2.45) is 0 Å². The van der Waals surface area contributed by atoms with Crippen LogP contribution >= 0.6 is 20.1 Å². The van der Waals surface area contributed by atoms with E-state index in [1.807, 2.05) is 0 Å². The SMILES string of the molecule is c1ccc(S2(c3ccccc3)c3ccccc3N(c3cccc(N4c5ccccc5S(c5ccccc5)(c5ccccc5)c5ccccc54)c3)c3ccccc32)cc1. The molecule has 9 aromatic rings. The largest absolute Gasteiger partial charge is 0.308 e. The van der Waals surface area contributed by atoms with Crippen LogP contribution in [0.3, 0.4) is 0 Å². The van der Waals surface area contributed by atoms with E-state index >= 15 is 0 Å². The lowest BCUT2D eigenvalue weighted by atomic mass is 10.1. The number of hydrogen-bond donors (Lipinski definition) is 0. The number of para-hydroxylation sites is 4. The topological polar surface area (TPSA) is 6.48 Å². The van der Waals surface area contributed by atoms with Crippen LogP contribution < -0.4 is 9.80 Å². The molecule has 0 aliphatic carbocycles. The molecule has 0 amide bonds.